The first-order valence-electron chi connectivity index (χ1n) is 11.1. The fraction of sp³-hybridized carbons (Fsp3) is 0.696. The van der Waals surface area contributed by atoms with Gasteiger partial charge in [0.2, 0.25) is 0 Å². The van der Waals surface area contributed by atoms with E-state index in [0.29, 0.717) is 5.92 Å². The van der Waals surface area contributed by atoms with E-state index in [2.05, 4.69) is 71.3 Å². The summed E-state index contributed by atoms with van der Waals surface area (Å²) < 4.78 is 6.15. The lowest BCUT2D eigenvalue weighted by Gasteiger charge is -2.38. The van der Waals surface area contributed by atoms with Gasteiger partial charge in [-0.15, -0.1) is 24.0 Å². The van der Waals surface area contributed by atoms with Gasteiger partial charge in [0, 0.05) is 58.3 Å². The summed E-state index contributed by atoms with van der Waals surface area (Å²) in [5.74, 6) is 2.40. The number of guanidine groups is 1. The molecule has 2 N–H and O–H groups in total. The molecular weight excluding hydrogens is 489 g/mol. The van der Waals surface area contributed by atoms with Gasteiger partial charge >= 0.3 is 0 Å². The van der Waals surface area contributed by atoms with E-state index in [0.717, 1.165) is 31.2 Å². The van der Waals surface area contributed by atoms with Crippen LogP contribution in [0.4, 0.5) is 0 Å². The van der Waals surface area contributed by atoms with E-state index < -0.39 is 0 Å². The number of hydrogen-bond acceptors (Lipinski definition) is 4. The molecule has 170 valence electrons. The van der Waals surface area contributed by atoms with Crippen LogP contribution >= 0.6 is 24.0 Å². The van der Waals surface area contributed by atoms with Gasteiger partial charge in [0.15, 0.2) is 5.96 Å². The first-order chi connectivity index (χ1) is 13.9. The number of nitrogens with one attached hydrogen (secondary N) is 2. The average Bonchev–Trinajstić information content (AvgIpc) is 2.70. The Kier molecular flexibility index (Phi) is 9.68. The van der Waals surface area contributed by atoms with E-state index in [9.17, 15) is 0 Å². The van der Waals surface area contributed by atoms with Crippen molar-refractivity contribution in [1.29, 1.82) is 0 Å². The van der Waals surface area contributed by atoms with Crippen molar-refractivity contribution in [3.63, 3.8) is 0 Å². The largest absolute Gasteiger partial charge is 0.487 e. The van der Waals surface area contributed by atoms with Crippen LogP contribution in [0.15, 0.2) is 29.3 Å². The summed E-state index contributed by atoms with van der Waals surface area (Å²) in [6.45, 7) is 16.8. The first kappa shape index (κ1) is 25.2. The zero-order valence-corrected chi connectivity index (χ0v) is 21.6. The second-order valence-corrected chi connectivity index (χ2v) is 9.09. The number of fused-ring (bicyclic) bond motifs is 1. The quantitative estimate of drug-likeness (QED) is 0.337. The van der Waals surface area contributed by atoms with E-state index in [1.807, 2.05) is 13.1 Å². The Labute approximate surface area is 199 Å². The van der Waals surface area contributed by atoms with E-state index in [1.165, 1.54) is 38.3 Å². The van der Waals surface area contributed by atoms with E-state index in [-0.39, 0.29) is 35.6 Å². The van der Waals surface area contributed by atoms with E-state index in [1.54, 1.807) is 0 Å². The molecule has 1 saturated heterocycles. The number of ether oxygens (including phenoxy) is 1. The molecule has 2 aliphatic heterocycles. The smallest absolute Gasteiger partial charge is 0.191 e. The van der Waals surface area contributed by atoms with Gasteiger partial charge < -0.3 is 25.2 Å². The molecule has 0 radical (unpaired) electrons. The minimum atomic E-state index is -0.196. The number of nitrogens with zero attached hydrogens (tertiary/aromatic N) is 3. The highest BCUT2D eigenvalue weighted by Crippen LogP contribution is 2.39. The lowest BCUT2D eigenvalue weighted by Crippen LogP contribution is -2.49. The molecular formula is C23H40IN5O. The molecule has 30 heavy (non-hydrogen) atoms. The predicted molar refractivity (Wildman–Crippen MR) is 136 cm³/mol. The van der Waals surface area contributed by atoms with Crippen molar-refractivity contribution >= 4 is 29.9 Å². The van der Waals surface area contributed by atoms with Gasteiger partial charge in [0.05, 0.1) is 6.04 Å². The summed E-state index contributed by atoms with van der Waals surface area (Å²) in [7, 11) is 1.85. The maximum absolute atomic E-state index is 6.15. The minimum Gasteiger partial charge on any atom is -0.487 e. The first-order valence-corrected chi connectivity index (χ1v) is 11.1. The van der Waals surface area contributed by atoms with Crippen LogP contribution in [0.1, 0.15) is 45.7 Å². The third kappa shape index (κ3) is 6.99. The summed E-state index contributed by atoms with van der Waals surface area (Å²) in [5, 5.41) is 7.17. The number of likely N-dealkylation sites (N-methyl/N-ethyl adjacent to an activating group) is 1. The summed E-state index contributed by atoms with van der Waals surface area (Å²) in [5.41, 5.74) is 1.01. The summed E-state index contributed by atoms with van der Waals surface area (Å²) in [6.07, 6.45) is 0.905. The van der Waals surface area contributed by atoms with E-state index >= 15 is 0 Å². The van der Waals surface area contributed by atoms with Gasteiger partial charge in [-0.1, -0.05) is 32.0 Å². The Bertz CT molecular complexity index is 688. The molecule has 0 amide bonds. The number of hydrogen-bond donors (Lipinski definition) is 2. The maximum atomic E-state index is 6.15. The van der Waals surface area contributed by atoms with Crippen LogP contribution in [-0.2, 0) is 0 Å². The molecule has 0 aromatic heterocycles. The molecule has 1 aromatic rings. The van der Waals surface area contributed by atoms with Gasteiger partial charge in [-0.25, -0.2) is 0 Å². The highest BCUT2D eigenvalue weighted by atomic mass is 127. The summed E-state index contributed by atoms with van der Waals surface area (Å²) >= 11 is 0. The van der Waals surface area contributed by atoms with Crippen molar-refractivity contribution < 1.29 is 4.74 Å². The van der Waals surface area contributed by atoms with Crippen molar-refractivity contribution in [2.75, 3.05) is 52.9 Å². The zero-order valence-electron chi connectivity index (χ0n) is 19.3. The normalized spacial score (nSPS) is 23.0. The predicted octanol–water partition coefficient (Wildman–Crippen LogP) is 3.35. The third-order valence-electron chi connectivity index (χ3n) is 6.01. The molecule has 0 saturated carbocycles. The van der Waals surface area contributed by atoms with Gasteiger partial charge in [0.1, 0.15) is 11.4 Å². The Morgan fingerprint density at radius 1 is 1.20 bits per heavy atom. The summed E-state index contributed by atoms with van der Waals surface area (Å²) in [6, 6.07) is 8.51. The average molecular weight is 530 g/mol. The van der Waals surface area contributed by atoms with Crippen molar-refractivity contribution in [2.45, 2.75) is 45.8 Å². The minimum absolute atomic E-state index is 0. The fourth-order valence-electron chi connectivity index (χ4n) is 4.36. The van der Waals surface area contributed by atoms with Crippen LogP contribution in [0, 0.1) is 5.92 Å². The van der Waals surface area contributed by atoms with Gasteiger partial charge in [0.25, 0.3) is 0 Å². The number of benzene rings is 1. The lowest BCUT2D eigenvalue weighted by atomic mass is 9.90. The third-order valence-corrected chi connectivity index (χ3v) is 6.01. The topological polar surface area (TPSA) is 52.1 Å². The molecule has 1 fully saturated rings. The molecule has 2 heterocycles. The maximum Gasteiger partial charge on any atom is 0.191 e. The highest BCUT2D eigenvalue weighted by molar-refractivity contribution is 14.0. The molecule has 7 heteroatoms. The molecule has 0 aliphatic carbocycles. The monoisotopic (exact) mass is 529 g/mol. The number of para-hydroxylation sites is 1. The lowest BCUT2D eigenvalue weighted by molar-refractivity contribution is 0.0694. The number of piperazine rings is 1. The van der Waals surface area contributed by atoms with Gasteiger partial charge in [-0.3, -0.25) is 4.99 Å². The molecule has 2 aliphatic rings. The standard InChI is InChI=1S/C23H39N5O.HI/c1-6-27-11-13-28(14-12-27)17-18(2)16-25-22(24-5)26-20-15-23(3,4)29-21-10-8-7-9-19(20)21;/h7-10,18,20H,6,11-17H2,1-5H3,(H2,24,25,26);1H. The Morgan fingerprint density at radius 2 is 1.87 bits per heavy atom. The SMILES string of the molecule is CCN1CCN(CC(C)CNC(=NC)NC2CC(C)(C)Oc3ccccc32)CC1.I. The molecule has 3 rings (SSSR count). The molecule has 2 atom stereocenters. The van der Waals surface area contributed by atoms with Crippen LogP contribution in [0.25, 0.3) is 0 Å². The van der Waals surface area contributed by atoms with Crippen LogP contribution < -0.4 is 15.4 Å². The van der Waals surface area contributed by atoms with Crippen molar-refractivity contribution in [1.82, 2.24) is 20.4 Å². The number of aliphatic imine (C=N–C) groups is 1. The number of rotatable bonds is 6. The molecule has 2 unspecified atom stereocenters. The number of halogens is 1. The van der Waals surface area contributed by atoms with Gasteiger partial charge in [-0.05, 0) is 32.4 Å². The van der Waals surface area contributed by atoms with Crippen molar-refractivity contribution in [3.05, 3.63) is 29.8 Å². The fourth-order valence-corrected chi connectivity index (χ4v) is 4.36. The summed E-state index contributed by atoms with van der Waals surface area (Å²) in [4.78, 5) is 9.59. The molecule has 0 bridgehead atoms. The Balaban J connectivity index is 0.00000320. The molecule has 0 spiro atoms. The van der Waals surface area contributed by atoms with Crippen LogP contribution in [0.5, 0.6) is 5.75 Å². The highest BCUT2D eigenvalue weighted by Gasteiger charge is 2.34. The molecule has 6 nitrogen and oxygen atoms in total. The van der Waals surface area contributed by atoms with Crippen LogP contribution in [0.3, 0.4) is 0 Å². The van der Waals surface area contributed by atoms with Gasteiger partial charge in [-0.2, -0.15) is 0 Å². The van der Waals surface area contributed by atoms with Crippen molar-refractivity contribution in [3.8, 4) is 5.75 Å². The van der Waals surface area contributed by atoms with Crippen LogP contribution in [-0.4, -0.2) is 74.2 Å². The van der Waals surface area contributed by atoms with E-state index in [4.69, 9.17) is 4.74 Å². The molecule has 1 aromatic carbocycles. The van der Waals surface area contributed by atoms with Crippen LogP contribution in [0.2, 0.25) is 0 Å². The Morgan fingerprint density at radius 3 is 2.53 bits per heavy atom. The Hall–Kier alpha value is -1.06. The second kappa shape index (κ2) is 11.5. The zero-order chi connectivity index (χ0) is 20.9. The second-order valence-electron chi connectivity index (χ2n) is 9.09. The van der Waals surface area contributed by atoms with Crippen molar-refractivity contribution in [2.24, 2.45) is 10.9 Å².